The molecule has 0 heterocycles. The van der Waals surface area contributed by atoms with Crippen molar-refractivity contribution in [2.45, 2.75) is 51.9 Å². The molecule has 1 N–H and O–H groups in total. The number of hydrogen-bond acceptors (Lipinski definition) is 3. The molecule has 0 fully saturated rings. The fourth-order valence-electron chi connectivity index (χ4n) is 1.20. The van der Waals surface area contributed by atoms with Crippen LogP contribution in [0.25, 0.3) is 0 Å². The van der Waals surface area contributed by atoms with Gasteiger partial charge >= 0.3 is 12.1 Å². The van der Waals surface area contributed by atoms with Crippen LogP contribution in [-0.2, 0) is 9.53 Å². The highest BCUT2D eigenvalue weighted by atomic mass is 16.7. The van der Waals surface area contributed by atoms with Gasteiger partial charge in [0.2, 0.25) is 0 Å². The van der Waals surface area contributed by atoms with Gasteiger partial charge in [-0.15, -0.1) is 0 Å². The van der Waals surface area contributed by atoms with Crippen molar-refractivity contribution >= 4 is 12.1 Å². The number of unbranched alkanes of at least 4 members (excludes halogenated alkanes) is 5. The van der Waals surface area contributed by atoms with Gasteiger partial charge in [-0.2, -0.15) is 0 Å². The minimum Gasteiger partial charge on any atom is -0.449 e. The number of ether oxygens (including phenoxy) is 1. The number of carbonyl (C=O) groups is 2. The molecule has 4 heteroatoms. The maximum Gasteiger partial charge on any atom is 0.513 e. The first-order chi connectivity index (χ1) is 6.66. The molecule has 0 aliphatic rings. The third-order valence-corrected chi connectivity index (χ3v) is 1.94. The second-order valence-electron chi connectivity index (χ2n) is 3.26. The lowest BCUT2D eigenvalue weighted by Gasteiger charge is -1.99. The predicted octanol–water partition coefficient (Wildman–Crippen LogP) is 2.96. The van der Waals surface area contributed by atoms with Gasteiger partial charge in [0.25, 0.3) is 0 Å². The van der Waals surface area contributed by atoms with E-state index in [1.54, 1.807) is 0 Å². The second-order valence-corrected chi connectivity index (χ2v) is 3.26. The van der Waals surface area contributed by atoms with Crippen molar-refractivity contribution in [2.24, 2.45) is 0 Å². The molecular formula is C10H18O4. The topological polar surface area (TPSA) is 63.6 Å². The van der Waals surface area contributed by atoms with Gasteiger partial charge in [0.05, 0.1) is 0 Å². The summed E-state index contributed by atoms with van der Waals surface area (Å²) in [5.41, 5.74) is 0. The van der Waals surface area contributed by atoms with Crippen LogP contribution in [0.3, 0.4) is 0 Å². The lowest BCUT2D eigenvalue weighted by Crippen LogP contribution is -2.09. The van der Waals surface area contributed by atoms with E-state index in [4.69, 9.17) is 5.11 Å². The molecule has 0 aromatic carbocycles. The molecule has 0 radical (unpaired) electrons. The molecule has 0 rings (SSSR count). The maximum atomic E-state index is 10.7. The summed E-state index contributed by atoms with van der Waals surface area (Å²) in [6, 6.07) is 0. The van der Waals surface area contributed by atoms with Crippen molar-refractivity contribution in [3.8, 4) is 0 Å². The van der Waals surface area contributed by atoms with Gasteiger partial charge < -0.3 is 9.84 Å². The first-order valence-electron chi connectivity index (χ1n) is 5.10. The second kappa shape index (κ2) is 8.53. The number of esters is 1. The van der Waals surface area contributed by atoms with Crippen molar-refractivity contribution in [3.05, 3.63) is 0 Å². The standard InChI is InChI=1S/C10H18O4/c1-2-3-4-5-6-7-8-9(11)14-10(12)13/h2-8H2,1H3,(H,12,13). The highest BCUT2D eigenvalue weighted by molar-refractivity contribution is 5.80. The Morgan fingerprint density at radius 1 is 1.07 bits per heavy atom. The van der Waals surface area contributed by atoms with Gasteiger partial charge in [-0.05, 0) is 6.42 Å². The van der Waals surface area contributed by atoms with E-state index in [1.807, 2.05) is 0 Å². The van der Waals surface area contributed by atoms with E-state index in [1.165, 1.54) is 19.3 Å². The molecule has 0 saturated heterocycles. The Kier molecular flexibility index (Phi) is 7.89. The first-order valence-corrected chi connectivity index (χ1v) is 5.10. The normalized spacial score (nSPS) is 9.79. The van der Waals surface area contributed by atoms with E-state index in [2.05, 4.69) is 11.7 Å². The summed E-state index contributed by atoms with van der Waals surface area (Å²) in [7, 11) is 0. The van der Waals surface area contributed by atoms with E-state index < -0.39 is 12.1 Å². The van der Waals surface area contributed by atoms with Gasteiger partial charge in [0.1, 0.15) is 0 Å². The smallest absolute Gasteiger partial charge is 0.449 e. The average Bonchev–Trinajstić information content (AvgIpc) is 2.10. The van der Waals surface area contributed by atoms with E-state index >= 15 is 0 Å². The molecule has 0 aromatic heterocycles. The zero-order chi connectivity index (χ0) is 10.8. The molecule has 0 aliphatic carbocycles. The molecule has 0 amide bonds. The van der Waals surface area contributed by atoms with Crippen molar-refractivity contribution in [1.29, 1.82) is 0 Å². The summed E-state index contributed by atoms with van der Waals surface area (Å²) in [6.07, 6.45) is 5.09. The van der Waals surface area contributed by atoms with E-state index in [9.17, 15) is 9.59 Å². The van der Waals surface area contributed by atoms with Gasteiger partial charge in [-0.3, -0.25) is 4.79 Å². The molecule has 14 heavy (non-hydrogen) atoms. The van der Waals surface area contributed by atoms with Crippen LogP contribution in [-0.4, -0.2) is 17.2 Å². The summed E-state index contributed by atoms with van der Waals surface area (Å²) in [5, 5.41) is 8.11. The van der Waals surface area contributed by atoms with Crippen LogP contribution >= 0.6 is 0 Å². The Morgan fingerprint density at radius 2 is 1.64 bits per heavy atom. The molecular weight excluding hydrogens is 184 g/mol. The average molecular weight is 202 g/mol. The van der Waals surface area contributed by atoms with Crippen LogP contribution in [0.15, 0.2) is 0 Å². The molecule has 4 nitrogen and oxygen atoms in total. The summed E-state index contributed by atoms with van der Waals surface area (Å²) in [4.78, 5) is 20.7. The zero-order valence-electron chi connectivity index (χ0n) is 8.62. The Morgan fingerprint density at radius 3 is 2.21 bits per heavy atom. The van der Waals surface area contributed by atoms with Crippen LogP contribution in [0.5, 0.6) is 0 Å². The summed E-state index contributed by atoms with van der Waals surface area (Å²) in [6.45, 7) is 2.14. The van der Waals surface area contributed by atoms with Gasteiger partial charge in [0.15, 0.2) is 0 Å². The van der Waals surface area contributed by atoms with Crippen molar-refractivity contribution < 1.29 is 19.4 Å². The molecule has 0 unspecified atom stereocenters. The summed E-state index contributed by atoms with van der Waals surface area (Å²) < 4.78 is 3.96. The quantitative estimate of drug-likeness (QED) is 0.391. The third kappa shape index (κ3) is 9.03. The number of rotatable bonds is 7. The third-order valence-electron chi connectivity index (χ3n) is 1.94. The fraction of sp³-hybridized carbons (Fsp3) is 0.800. The van der Waals surface area contributed by atoms with E-state index in [-0.39, 0.29) is 6.42 Å². The van der Waals surface area contributed by atoms with E-state index in [0.717, 1.165) is 19.3 Å². The molecule has 0 atom stereocenters. The summed E-state index contributed by atoms with van der Waals surface area (Å²) >= 11 is 0. The minimum atomic E-state index is -1.51. The Balaban J connectivity index is 3.19. The number of hydrogen-bond donors (Lipinski definition) is 1. The molecule has 0 aromatic rings. The Hall–Kier alpha value is -1.06. The first kappa shape index (κ1) is 12.9. The van der Waals surface area contributed by atoms with Crippen LogP contribution in [0.2, 0.25) is 0 Å². The number of carbonyl (C=O) groups excluding carboxylic acids is 1. The molecule has 0 spiro atoms. The monoisotopic (exact) mass is 202 g/mol. The molecule has 82 valence electrons. The zero-order valence-corrected chi connectivity index (χ0v) is 8.62. The fourth-order valence-corrected chi connectivity index (χ4v) is 1.20. The SMILES string of the molecule is CCCCCCCCC(=O)OC(=O)O. The molecule has 0 aliphatic heterocycles. The van der Waals surface area contributed by atoms with Crippen LogP contribution in [0.4, 0.5) is 4.79 Å². The van der Waals surface area contributed by atoms with E-state index in [0.29, 0.717) is 0 Å². The van der Waals surface area contributed by atoms with Gasteiger partial charge in [-0.25, -0.2) is 4.79 Å². The van der Waals surface area contributed by atoms with Crippen LogP contribution in [0.1, 0.15) is 51.9 Å². The lowest BCUT2D eigenvalue weighted by atomic mass is 10.1. The highest BCUT2D eigenvalue weighted by Crippen LogP contribution is 2.07. The Labute approximate surface area is 84.3 Å². The van der Waals surface area contributed by atoms with Crippen molar-refractivity contribution in [3.63, 3.8) is 0 Å². The predicted molar refractivity (Wildman–Crippen MR) is 52.1 cm³/mol. The maximum absolute atomic E-state index is 10.7. The largest absolute Gasteiger partial charge is 0.513 e. The highest BCUT2D eigenvalue weighted by Gasteiger charge is 2.06. The van der Waals surface area contributed by atoms with Crippen molar-refractivity contribution in [1.82, 2.24) is 0 Å². The lowest BCUT2D eigenvalue weighted by molar-refractivity contribution is -0.139. The van der Waals surface area contributed by atoms with Crippen LogP contribution in [0, 0.1) is 0 Å². The Bertz CT molecular complexity index is 177. The molecule has 0 bridgehead atoms. The minimum absolute atomic E-state index is 0.207. The van der Waals surface area contributed by atoms with Crippen LogP contribution < -0.4 is 0 Å². The number of carboxylic acid groups (broad SMARTS) is 1. The van der Waals surface area contributed by atoms with Crippen molar-refractivity contribution in [2.75, 3.05) is 0 Å². The van der Waals surface area contributed by atoms with Gasteiger partial charge in [-0.1, -0.05) is 39.0 Å². The summed E-state index contributed by atoms with van der Waals surface area (Å²) in [5.74, 6) is -0.645. The molecule has 0 saturated carbocycles. The van der Waals surface area contributed by atoms with Gasteiger partial charge in [0, 0.05) is 6.42 Å².